The first-order valence-electron chi connectivity index (χ1n) is 9.89. The molecule has 4 rings (SSSR count). The number of hydroxylamine groups is 1. The Balaban J connectivity index is 1.81. The maximum atomic E-state index is 12.3. The number of benzene rings is 1. The SMILES string of the molecule is CONC(=O)c1cc(Nc2ncnn3cc(-c4ncc(C)o4)c(C(C)C)c23)ccc1C. The second kappa shape index (κ2) is 8.19. The van der Waals surface area contributed by atoms with Crippen LogP contribution >= 0.6 is 0 Å². The van der Waals surface area contributed by atoms with Crippen LogP contribution in [0.5, 0.6) is 0 Å². The van der Waals surface area contributed by atoms with Crippen molar-refractivity contribution < 1.29 is 14.0 Å². The van der Waals surface area contributed by atoms with Gasteiger partial charge in [-0.05, 0) is 43.0 Å². The second-order valence-electron chi connectivity index (χ2n) is 7.58. The number of fused-ring (bicyclic) bond motifs is 1. The largest absolute Gasteiger partial charge is 0.441 e. The van der Waals surface area contributed by atoms with Crippen molar-refractivity contribution >= 4 is 22.9 Å². The first-order chi connectivity index (χ1) is 14.9. The number of nitrogens with zero attached hydrogens (tertiary/aromatic N) is 4. The van der Waals surface area contributed by atoms with E-state index >= 15 is 0 Å². The fourth-order valence-corrected chi connectivity index (χ4v) is 3.59. The Hall–Kier alpha value is -3.72. The van der Waals surface area contributed by atoms with Crippen LogP contribution in [0.1, 0.15) is 47.0 Å². The summed E-state index contributed by atoms with van der Waals surface area (Å²) in [5.41, 5.74) is 7.14. The molecule has 160 valence electrons. The smallest absolute Gasteiger partial charge is 0.275 e. The molecule has 0 fully saturated rings. The lowest BCUT2D eigenvalue weighted by Crippen LogP contribution is -2.22. The van der Waals surface area contributed by atoms with Crippen LogP contribution in [0, 0.1) is 13.8 Å². The van der Waals surface area contributed by atoms with Crippen molar-refractivity contribution in [1.82, 2.24) is 25.1 Å². The van der Waals surface area contributed by atoms with Gasteiger partial charge in [0, 0.05) is 17.4 Å². The third-order valence-corrected chi connectivity index (χ3v) is 4.98. The Morgan fingerprint density at radius 1 is 1.23 bits per heavy atom. The van der Waals surface area contributed by atoms with Gasteiger partial charge in [-0.2, -0.15) is 5.10 Å². The van der Waals surface area contributed by atoms with Crippen LogP contribution in [0.4, 0.5) is 11.5 Å². The molecule has 31 heavy (non-hydrogen) atoms. The van der Waals surface area contributed by atoms with Crippen LogP contribution in [-0.2, 0) is 4.84 Å². The van der Waals surface area contributed by atoms with Crippen LogP contribution in [0.3, 0.4) is 0 Å². The molecule has 4 aromatic rings. The summed E-state index contributed by atoms with van der Waals surface area (Å²) in [6.07, 6.45) is 5.08. The van der Waals surface area contributed by atoms with Crippen LogP contribution in [0.25, 0.3) is 17.0 Å². The zero-order valence-corrected chi connectivity index (χ0v) is 18.1. The Kier molecular flexibility index (Phi) is 5.43. The van der Waals surface area contributed by atoms with Crippen LogP contribution in [-0.4, -0.2) is 32.6 Å². The van der Waals surface area contributed by atoms with E-state index in [1.807, 2.05) is 32.2 Å². The predicted molar refractivity (Wildman–Crippen MR) is 116 cm³/mol. The van der Waals surface area contributed by atoms with Crippen molar-refractivity contribution in [2.24, 2.45) is 0 Å². The van der Waals surface area contributed by atoms with E-state index in [9.17, 15) is 4.79 Å². The molecule has 0 saturated carbocycles. The Morgan fingerprint density at radius 2 is 2.03 bits per heavy atom. The molecule has 0 unspecified atom stereocenters. The fourth-order valence-electron chi connectivity index (χ4n) is 3.59. The second-order valence-corrected chi connectivity index (χ2v) is 7.58. The third kappa shape index (κ3) is 3.87. The number of rotatable bonds is 6. The first-order valence-corrected chi connectivity index (χ1v) is 9.89. The third-order valence-electron chi connectivity index (χ3n) is 4.98. The van der Waals surface area contributed by atoms with Crippen LogP contribution in [0.15, 0.2) is 41.3 Å². The molecule has 0 aliphatic carbocycles. The zero-order valence-electron chi connectivity index (χ0n) is 18.1. The van der Waals surface area contributed by atoms with Gasteiger partial charge in [0.25, 0.3) is 5.91 Å². The number of anilines is 2. The number of carbonyl (C=O) groups excluding carboxylic acids is 1. The molecule has 0 aliphatic rings. The molecule has 2 N–H and O–H groups in total. The highest BCUT2D eigenvalue weighted by atomic mass is 16.6. The Bertz CT molecular complexity index is 1260. The lowest BCUT2D eigenvalue weighted by molar-refractivity contribution is 0.0537. The van der Waals surface area contributed by atoms with Crippen molar-refractivity contribution in [2.75, 3.05) is 12.4 Å². The number of hydrogen-bond acceptors (Lipinski definition) is 7. The minimum absolute atomic E-state index is 0.166. The average Bonchev–Trinajstić information content (AvgIpc) is 3.33. The molecule has 1 amide bonds. The molecule has 0 radical (unpaired) electrons. The molecule has 0 bridgehead atoms. The van der Waals surface area contributed by atoms with Gasteiger partial charge in [0.15, 0.2) is 5.82 Å². The fraction of sp³-hybridized carbons (Fsp3) is 0.273. The molecular weight excluding hydrogens is 396 g/mol. The number of oxazole rings is 1. The quantitative estimate of drug-likeness (QED) is 0.451. The molecular formula is C22H24N6O3. The van der Waals surface area contributed by atoms with E-state index in [1.54, 1.807) is 16.8 Å². The van der Waals surface area contributed by atoms with E-state index in [0.717, 1.165) is 33.7 Å². The van der Waals surface area contributed by atoms with Gasteiger partial charge >= 0.3 is 0 Å². The first kappa shape index (κ1) is 20.5. The number of hydrogen-bond donors (Lipinski definition) is 2. The van der Waals surface area contributed by atoms with Crippen molar-refractivity contribution in [1.29, 1.82) is 0 Å². The minimum Gasteiger partial charge on any atom is -0.441 e. The summed E-state index contributed by atoms with van der Waals surface area (Å²) in [4.78, 5) is 25.9. The van der Waals surface area contributed by atoms with Gasteiger partial charge in [0.05, 0.1) is 18.9 Å². The summed E-state index contributed by atoms with van der Waals surface area (Å²) in [7, 11) is 1.40. The van der Waals surface area contributed by atoms with Gasteiger partial charge in [0.2, 0.25) is 5.89 Å². The summed E-state index contributed by atoms with van der Waals surface area (Å²) in [6.45, 7) is 7.93. The number of aromatic nitrogens is 4. The van der Waals surface area contributed by atoms with Crippen molar-refractivity contribution in [3.63, 3.8) is 0 Å². The topological polar surface area (TPSA) is 107 Å². The highest BCUT2D eigenvalue weighted by molar-refractivity contribution is 5.96. The number of aryl methyl sites for hydroxylation is 2. The summed E-state index contributed by atoms with van der Waals surface area (Å²) in [6, 6.07) is 5.53. The van der Waals surface area contributed by atoms with E-state index in [0.29, 0.717) is 17.3 Å². The lowest BCUT2D eigenvalue weighted by atomic mass is 10.00. The summed E-state index contributed by atoms with van der Waals surface area (Å²) in [5.74, 6) is 1.76. The average molecular weight is 420 g/mol. The van der Waals surface area contributed by atoms with Gasteiger partial charge in [-0.1, -0.05) is 19.9 Å². The highest BCUT2D eigenvalue weighted by Gasteiger charge is 2.22. The predicted octanol–water partition coefficient (Wildman–Crippen LogP) is 4.16. The summed E-state index contributed by atoms with van der Waals surface area (Å²) in [5, 5.41) is 7.71. The van der Waals surface area contributed by atoms with Gasteiger partial charge < -0.3 is 9.73 Å². The highest BCUT2D eigenvalue weighted by Crippen LogP contribution is 2.36. The van der Waals surface area contributed by atoms with Crippen molar-refractivity contribution in [3.05, 3.63) is 59.4 Å². The normalized spacial score (nSPS) is 11.3. The van der Waals surface area contributed by atoms with E-state index < -0.39 is 0 Å². The molecule has 1 aromatic carbocycles. The van der Waals surface area contributed by atoms with Crippen LogP contribution in [0.2, 0.25) is 0 Å². The van der Waals surface area contributed by atoms with E-state index in [4.69, 9.17) is 9.25 Å². The number of nitrogens with one attached hydrogen (secondary N) is 2. The van der Waals surface area contributed by atoms with E-state index in [-0.39, 0.29) is 11.8 Å². The monoisotopic (exact) mass is 420 g/mol. The minimum atomic E-state index is -0.316. The summed E-state index contributed by atoms with van der Waals surface area (Å²) < 4.78 is 7.55. The number of amides is 1. The van der Waals surface area contributed by atoms with Gasteiger partial charge in [0.1, 0.15) is 17.6 Å². The molecule has 0 spiro atoms. The maximum Gasteiger partial charge on any atom is 0.275 e. The molecule has 3 heterocycles. The molecule has 9 nitrogen and oxygen atoms in total. The Morgan fingerprint density at radius 3 is 2.71 bits per heavy atom. The van der Waals surface area contributed by atoms with Crippen LogP contribution < -0.4 is 10.8 Å². The molecule has 0 atom stereocenters. The lowest BCUT2D eigenvalue weighted by Gasteiger charge is -2.13. The summed E-state index contributed by atoms with van der Waals surface area (Å²) >= 11 is 0. The van der Waals surface area contributed by atoms with Crippen molar-refractivity contribution in [3.8, 4) is 11.5 Å². The maximum absolute atomic E-state index is 12.3. The Labute approximate surface area is 179 Å². The standard InChI is InChI=1S/C22H24N6O3/c1-12(2)18-17(22-23-9-14(4)31-22)10-28-19(18)20(24-11-25-28)26-15-7-6-13(3)16(8-15)21(29)27-30-5/h6-12H,1-5H3,(H,27,29)(H,24,25,26). The molecule has 0 aliphatic heterocycles. The van der Waals surface area contributed by atoms with Gasteiger partial charge in [-0.25, -0.2) is 20.0 Å². The van der Waals surface area contributed by atoms with Gasteiger partial charge in [-0.15, -0.1) is 0 Å². The zero-order chi connectivity index (χ0) is 22.1. The van der Waals surface area contributed by atoms with Gasteiger partial charge in [-0.3, -0.25) is 9.63 Å². The molecule has 9 heteroatoms. The van der Waals surface area contributed by atoms with E-state index in [1.165, 1.54) is 13.4 Å². The molecule has 3 aromatic heterocycles. The molecule has 0 saturated heterocycles. The number of carbonyl (C=O) groups is 1. The van der Waals surface area contributed by atoms with Crippen molar-refractivity contribution in [2.45, 2.75) is 33.6 Å². The van der Waals surface area contributed by atoms with E-state index in [2.05, 4.69) is 39.7 Å².